The highest BCUT2D eigenvalue weighted by atomic mass is 32.2. The van der Waals surface area contributed by atoms with Crippen molar-refractivity contribution in [1.82, 2.24) is 15.1 Å². The number of rotatable bonds is 3. The van der Waals surface area contributed by atoms with E-state index in [1.807, 2.05) is 37.3 Å². The molecule has 1 aliphatic heterocycles. The van der Waals surface area contributed by atoms with Crippen LogP contribution in [0.15, 0.2) is 36.5 Å². The minimum absolute atomic E-state index is 0.0163. The Kier molecular flexibility index (Phi) is 3.75. The van der Waals surface area contributed by atoms with Gasteiger partial charge in [0.2, 0.25) is 0 Å². The van der Waals surface area contributed by atoms with E-state index in [0.717, 1.165) is 11.4 Å². The van der Waals surface area contributed by atoms with Crippen molar-refractivity contribution in [2.24, 2.45) is 0 Å². The van der Waals surface area contributed by atoms with Crippen molar-refractivity contribution in [3.63, 3.8) is 0 Å². The summed E-state index contributed by atoms with van der Waals surface area (Å²) in [5, 5.41) is 7.13. The van der Waals surface area contributed by atoms with Crippen molar-refractivity contribution in [2.75, 3.05) is 11.5 Å². The fourth-order valence-corrected chi connectivity index (χ4v) is 5.01. The smallest absolute Gasteiger partial charge is 0.255 e. The first kappa shape index (κ1) is 15.7. The molecule has 1 saturated heterocycles. The number of nitrogens with one attached hydrogen (secondary N) is 1. The number of nitrogens with zero attached hydrogens (tertiary/aromatic N) is 2. The monoisotopic (exact) mass is 333 g/mol. The number of hydrogen-bond donors (Lipinski definition) is 1. The maximum Gasteiger partial charge on any atom is 0.255 e. The SMILES string of the molecule is Cc1c(C(=O)NC2(C)CCS(=O)(=O)C2)cnn1-c1ccccc1. The lowest BCUT2D eigenvalue weighted by Crippen LogP contribution is -2.47. The van der Waals surface area contributed by atoms with Gasteiger partial charge in [0.1, 0.15) is 0 Å². The summed E-state index contributed by atoms with van der Waals surface area (Å²) in [4.78, 5) is 12.5. The first-order valence-corrected chi connectivity index (χ1v) is 9.25. The molecule has 1 N–H and O–H groups in total. The van der Waals surface area contributed by atoms with Crippen molar-refractivity contribution in [3.05, 3.63) is 47.8 Å². The molecule has 0 bridgehead atoms. The Bertz CT molecular complexity index is 843. The third-order valence-corrected chi connectivity index (χ3v) is 6.08. The highest BCUT2D eigenvalue weighted by Crippen LogP contribution is 2.24. The number of aromatic nitrogens is 2. The summed E-state index contributed by atoms with van der Waals surface area (Å²) in [7, 11) is -3.07. The minimum Gasteiger partial charge on any atom is -0.346 e. The molecule has 1 aromatic heterocycles. The Hall–Kier alpha value is -2.15. The van der Waals surface area contributed by atoms with Gasteiger partial charge in [-0.1, -0.05) is 18.2 Å². The van der Waals surface area contributed by atoms with Crippen LogP contribution in [-0.4, -0.2) is 41.2 Å². The molecular formula is C16H19N3O3S. The van der Waals surface area contributed by atoms with Gasteiger partial charge in [0.15, 0.2) is 9.84 Å². The van der Waals surface area contributed by atoms with Crippen molar-refractivity contribution < 1.29 is 13.2 Å². The van der Waals surface area contributed by atoms with E-state index in [1.54, 1.807) is 11.6 Å². The van der Waals surface area contributed by atoms with Gasteiger partial charge < -0.3 is 5.32 Å². The molecule has 1 unspecified atom stereocenters. The molecule has 1 aliphatic rings. The van der Waals surface area contributed by atoms with Crippen molar-refractivity contribution >= 4 is 15.7 Å². The molecular weight excluding hydrogens is 314 g/mol. The van der Waals surface area contributed by atoms with Crippen molar-refractivity contribution in [3.8, 4) is 5.69 Å². The van der Waals surface area contributed by atoms with E-state index in [2.05, 4.69) is 10.4 Å². The summed E-state index contributed by atoms with van der Waals surface area (Å²) in [6.45, 7) is 3.59. The summed E-state index contributed by atoms with van der Waals surface area (Å²) >= 11 is 0. The molecule has 7 heteroatoms. The lowest BCUT2D eigenvalue weighted by Gasteiger charge is -2.23. The molecule has 1 aromatic carbocycles. The van der Waals surface area contributed by atoms with Gasteiger partial charge in [0.05, 0.1) is 40.2 Å². The number of carbonyl (C=O) groups excluding carboxylic acids is 1. The second kappa shape index (κ2) is 5.49. The molecule has 23 heavy (non-hydrogen) atoms. The van der Waals surface area contributed by atoms with E-state index in [9.17, 15) is 13.2 Å². The topological polar surface area (TPSA) is 81.1 Å². The quantitative estimate of drug-likeness (QED) is 0.923. The second-order valence-corrected chi connectivity index (χ2v) is 8.43. The Balaban J connectivity index is 1.83. The number of hydrogen-bond acceptors (Lipinski definition) is 4. The average Bonchev–Trinajstić information content (AvgIpc) is 2.99. The van der Waals surface area contributed by atoms with Gasteiger partial charge in [0.25, 0.3) is 5.91 Å². The first-order chi connectivity index (χ1) is 10.8. The lowest BCUT2D eigenvalue weighted by atomic mass is 10.0. The number of benzene rings is 1. The molecule has 1 amide bonds. The maximum absolute atomic E-state index is 12.5. The summed E-state index contributed by atoms with van der Waals surface area (Å²) in [6, 6.07) is 9.54. The molecule has 2 aromatic rings. The standard InChI is InChI=1S/C16H19N3O3S/c1-12-14(10-17-19(12)13-6-4-3-5-7-13)15(20)18-16(2)8-9-23(21,22)11-16/h3-7,10H,8-9,11H2,1-2H3,(H,18,20). The van der Waals surface area contributed by atoms with Crippen LogP contribution in [0.3, 0.4) is 0 Å². The van der Waals surface area contributed by atoms with Gasteiger partial charge in [-0.25, -0.2) is 13.1 Å². The van der Waals surface area contributed by atoms with E-state index in [1.165, 1.54) is 6.20 Å². The normalized spacial score (nSPS) is 22.9. The Morgan fingerprint density at radius 2 is 2.00 bits per heavy atom. The van der Waals surface area contributed by atoms with Crippen LogP contribution in [0.4, 0.5) is 0 Å². The maximum atomic E-state index is 12.5. The highest BCUT2D eigenvalue weighted by molar-refractivity contribution is 7.91. The van der Waals surface area contributed by atoms with Crippen LogP contribution in [0.5, 0.6) is 0 Å². The van der Waals surface area contributed by atoms with Crippen LogP contribution in [0.2, 0.25) is 0 Å². The van der Waals surface area contributed by atoms with Gasteiger partial charge in [-0.05, 0) is 32.4 Å². The Morgan fingerprint density at radius 3 is 2.61 bits per heavy atom. The molecule has 6 nitrogen and oxygen atoms in total. The molecule has 0 saturated carbocycles. The van der Waals surface area contributed by atoms with E-state index < -0.39 is 15.4 Å². The van der Waals surface area contributed by atoms with Crippen LogP contribution in [-0.2, 0) is 9.84 Å². The molecule has 1 fully saturated rings. The van der Waals surface area contributed by atoms with Crippen molar-refractivity contribution in [1.29, 1.82) is 0 Å². The van der Waals surface area contributed by atoms with E-state index in [-0.39, 0.29) is 17.4 Å². The van der Waals surface area contributed by atoms with Crippen LogP contribution in [0, 0.1) is 6.92 Å². The fraction of sp³-hybridized carbons (Fsp3) is 0.375. The number of sulfone groups is 1. The summed E-state index contributed by atoms with van der Waals surface area (Å²) in [5.74, 6) is -0.187. The third-order valence-electron chi connectivity index (χ3n) is 4.17. The van der Waals surface area contributed by atoms with E-state index in [4.69, 9.17) is 0 Å². The zero-order valence-electron chi connectivity index (χ0n) is 13.1. The Morgan fingerprint density at radius 1 is 1.30 bits per heavy atom. The lowest BCUT2D eigenvalue weighted by molar-refractivity contribution is 0.0914. The van der Waals surface area contributed by atoms with Crippen LogP contribution in [0.1, 0.15) is 29.4 Å². The van der Waals surface area contributed by atoms with E-state index in [0.29, 0.717) is 12.0 Å². The van der Waals surface area contributed by atoms with Crippen molar-refractivity contribution in [2.45, 2.75) is 25.8 Å². The molecule has 0 spiro atoms. The first-order valence-electron chi connectivity index (χ1n) is 7.43. The summed E-state index contributed by atoms with van der Waals surface area (Å²) in [5.41, 5.74) is 1.34. The predicted molar refractivity (Wildman–Crippen MR) is 87.4 cm³/mol. The molecule has 2 heterocycles. The molecule has 3 rings (SSSR count). The average molecular weight is 333 g/mol. The molecule has 0 radical (unpaired) electrons. The van der Waals surface area contributed by atoms with Gasteiger partial charge in [-0.3, -0.25) is 4.79 Å². The minimum atomic E-state index is -3.07. The zero-order valence-corrected chi connectivity index (χ0v) is 13.9. The van der Waals surface area contributed by atoms with E-state index >= 15 is 0 Å². The largest absolute Gasteiger partial charge is 0.346 e. The number of carbonyl (C=O) groups is 1. The van der Waals surface area contributed by atoms with Gasteiger partial charge in [-0.15, -0.1) is 0 Å². The van der Waals surface area contributed by atoms with Crippen LogP contribution >= 0.6 is 0 Å². The number of para-hydroxylation sites is 1. The molecule has 1 atom stereocenters. The summed E-state index contributed by atoms with van der Waals surface area (Å²) < 4.78 is 25.0. The van der Waals surface area contributed by atoms with Gasteiger partial charge >= 0.3 is 0 Å². The molecule has 122 valence electrons. The predicted octanol–water partition coefficient (Wildman–Crippen LogP) is 1.49. The van der Waals surface area contributed by atoms with Crippen LogP contribution < -0.4 is 5.32 Å². The van der Waals surface area contributed by atoms with Crippen LogP contribution in [0.25, 0.3) is 5.69 Å². The van der Waals surface area contributed by atoms with Gasteiger partial charge in [-0.2, -0.15) is 5.10 Å². The number of amides is 1. The zero-order chi connectivity index (χ0) is 16.7. The highest BCUT2D eigenvalue weighted by Gasteiger charge is 2.39. The third kappa shape index (κ3) is 3.14. The molecule has 0 aliphatic carbocycles. The van der Waals surface area contributed by atoms with Gasteiger partial charge in [0, 0.05) is 0 Å². The fourth-order valence-electron chi connectivity index (χ4n) is 2.91. The second-order valence-electron chi connectivity index (χ2n) is 6.25. The Labute approximate surface area is 135 Å². The summed E-state index contributed by atoms with van der Waals surface area (Å²) in [6.07, 6.45) is 1.96.